The van der Waals surface area contributed by atoms with Crippen LogP contribution in [0.5, 0.6) is 5.75 Å². The maximum atomic E-state index is 12.5. The number of hydrogen-bond acceptors (Lipinski definition) is 4. The molecule has 0 saturated carbocycles. The monoisotopic (exact) mass is 507 g/mol. The Morgan fingerprint density at radius 2 is 1.66 bits per heavy atom. The molecule has 2 N–H and O–H groups in total. The fourth-order valence-electron chi connectivity index (χ4n) is 3.16. The second kappa shape index (κ2) is 11.6. The van der Waals surface area contributed by atoms with Gasteiger partial charge in [-0.1, -0.05) is 53.0 Å². The van der Waals surface area contributed by atoms with E-state index in [-0.39, 0.29) is 33.9 Å². The maximum absolute atomic E-state index is 12.5. The lowest BCUT2D eigenvalue weighted by molar-refractivity contribution is -0.118. The Morgan fingerprint density at radius 3 is 2.29 bits per heavy atom. The standard InChI is InChI=1S/C27H23Cl2N3O3/c1-16-7-9-21(10-8-16)31-27(34)20(14-30)11-19-12-22(28)26(23(29)13-19)35-15-25(33)32-24-6-4-5-17(2)18(24)3/h4-13H,15H2,1-3H3,(H,31,34)(H,32,33)/b20-11-. The number of ether oxygens (including phenoxy) is 1. The minimum absolute atomic E-state index is 0.126. The van der Waals surface area contributed by atoms with E-state index in [2.05, 4.69) is 10.6 Å². The molecular weight excluding hydrogens is 485 g/mol. The number of nitrogens with zero attached hydrogens (tertiary/aromatic N) is 1. The summed E-state index contributed by atoms with van der Waals surface area (Å²) in [6.07, 6.45) is 1.37. The summed E-state index contributed by atoms with van der Waals surface area (Å²) < 4.78 is 5.55. The van der Waals surface area contributed by atoms with Gasteiger partial charge in [-0.2, -0.15) is 5.26 Å². The maximum Gasteiger partial charge on any atom is 0.266 e. The highest BCUT2D eigenvalue weighted by Gasteiger charge is 2.15. The summed E-state index contributed by atoms with van der Waals surface area (Å²) in [6.45, 7) is 5.51. The van der Waals surface area contributed by atoms with Gasteiger partial charge in [-0.05, 0) is 73.9 Å². The number of carbonyl (C=O) groups excluding carboxylic acids is 2. The molecule has 8 heteroatoms. The largest absolute Gasteiger partial charge is 0.481 e. The van der Waals surface area contributed by atoms with Crippen molar-refractivity contribution in [1.82, 2.24) is 0 Å². The number of carbonyl (C=O) groups is 2. The van der Waals surface area contributed by atoms with Gasteiger partial charge in [0, 0.05) is 11.4 Å². The van der Waals surface area contributed by atoms with Crippen LogP contribution in [0, 0.1) is 32.1 Å². The summed E-state index contributed by atoms with van der Waals surface area (Å²) >= 11 is 12.6. The molecule has 0 heterocycles. The lowest BCUT2D eigenvalue weighted by atomic mass is 10.1. The van der Waals surface area contributed by atoms with Gasteiger partial charge in [0.2, 0.25) is 0 Å². The van der Waals surface area contributed by atoms with Crippen molar-refractivity contribution in [2.45, 2.75) is 20.8 Å². The fourth-order valence-corrected chi connectivity index (χ4v) is 3.77. The number of nitrogens with one attached hydrogen (secondary N) is 2. The van der Waals surface area contributed by atoms with Crippen molar-refractivity contribution in [3.05, 3.63) is 92.5 Å². The predicted molar refractivity (Wildman–Crippen MR) is 140 cm³/mol. The average molecular weight is 508 g/mol. The van der Waals surface area contributed by atoms with Crippen LogP contribution in [-0.2, 0) is 9.59 Å². The van der Waals surface area contributed by atoms with Crippen molar-refractivity contribution >= 4 is 52.5 Å². The van der Waals surface area contributed by atoms with Gasteiger partial charge in [0.1, 0.15) is 11.6 Å². The average Bonchev–Trinajstić information content (AvgIpc) is 2.81. The summed E-state index contributed by atoms with van der Waals surface area (Å²) in [5.74, 6) is -0.800. The molecule has 0 spiro atoms. The number of amides is 2. The van der Waals surface area contributed by atoms with Crippen molar-refractivity contribution in [1.29, 1.82) is 5.26 Å². The van der Waals surface area contributed by atoms with Crippen LogP contribution in [0.4, 0.5) is 11.4 Å². The first-order chi connectivity index (χ1) is 16.7. The van der Waals surface area contributed by atoms with Gasteiger partial charge in [0.25, 0.3) is 11.8 Å². The molecule has 0 fully saturated rings. The van der Waals surface area contributed by atoms with Crippen LogP contribution in [0.15, 0.2) is 60.2 Å². The number of rotatable bonds is 7. The Labute approximate surface area is 214 Å². The number of benzene rings is 3. The van der Waals surface area contributed by atoms with Gasteiger partial charge in [0.05, 0.1) is 10.0 Å². The first-order valence-electron chi connectivity index (χ1n) is 10.7. The highest BCUT2D eigenvalue weighted by molar-refractivity contribution is 6.37. The lowest BCUT2D eigenvalue weighted by Gasteiger charge is -2.13. The molecule has 0 aromatic heterocycles. The molecule has 0 bridgehead atoms. The summed E-state index contributed by atoms with van der Waals surface area (Å²) in [5, 5.41) is 15.2. The highest BCUT2D eigenvalue weighted by Crippen LogP contribution is 2.35. The zero-order chi connectivity index (χ0) is 25.5. The molecule has 0 saturated heterocycles. The van der Waals surface area contributed by atoms with Crippen molar-refractivity contribution in [2.75, 3.05) is 17.2 Å². The van der Waals surface area contributed by atoms with E-state index in [9.17, 15) is 14.9 Å². The summed E-state index contributed by atoms with van der Waals surface area (Å²) in [5.41, 5.74) is 4.65. The summed E-state index contributed by atoms with van der Waals surface area (Å²) in [6, 6.07) is 17.7. The molecule has 6 nitrogen and oxygen atoms in total. The van der Waals surface area contributed by atoms with Crippen molar-refractivity contribution in [3.8, 4) is 11.8 Å². The topological polar surface area (TPSA) is 91.2 Å². The third kappa shape index (κ3) is 6.86. The lowest BCUT2D eigenvalue weighted by Crippen LogP contribution is -2.21. The normalized spacial score (nSPS) is 10.9. The first kappa shape index (κ1) is 25.8. The molecular formula is C27H23Cl2N3O3. The van der Waals surface area contributed by atoms with Gasteiger partial charge >= 0.3 is 0 Å². The molecule has 0 aliphatic rings. The zero-order valence-electron chi connectivity index (χ0n) is 19.4. The van der Waals surface area contributed by atoms with Crippen LogP contribution in [-0.4, -0.2) is 18.4 Å². The van der Waals surface area contributed by atoms with E-state index < -0.39 is 5.91 Å². The van der Waals surface area contributed by atoms with E-state index in [4.69, 9.17) is 27.9 Å². The van der Waals surface area contributed by atoms with Gasteiger partial charge in [-0.3, -0.25) is 9.59 Å². The van der Waals surface area contributed by atoms with Crippen LogP contribution >= 0.6 is 23.2 Å². The van der Waals surface area contributed by atoms with Crippen LogP contribution in [0.2, 0.25) is 10.0 Å². The fraction of sp³-hybridized carbons (Fsp3) is 0.148. The van der Waals surface area contributed by atoms with Crippen LogP contribution < -0.4 is 15.4 Å². The Hall–Kier alpha value is -3.79. The molecule has 35 heavy (non-hydrogen) atoms. The quantitative estimate of drug-likeness (QED) is 0.282. The molecule has 0 aliphatic carbocycles. The SMILES string of the molecule is Cc1ccc(NC(=O)/C(C#N)=C\c2cc(Cl)c(OCC(=O)Nc3cccc(C)c3C)c(Cl)c2)cc1. The second-order valence-corrected chi connectivity index (χ2v) is 8.70. The summed E-state index contributed by atoms with van der Waals surface area (Å²) in [7, 11) is 0. The summed E-state index contributed by atoms with van der Waals surface area (Å²) in [4.78, 5) is 24.9. The van der Waals surface area contributed by atoms with Crippen molar-refractivity contribution in [2.24, 2.45) is 0 Å². The number of hydrogen-bond donors (Lipinski definition) is 2. The van der Waals surface area contributed by atoms with Crippen molar-refractivity contribution in [3.63, 3.8) is 0 Å². The molecule has 0 aliphatic heterocycles. The number of nitriles is 1. The van der Waals surface area contributed by atoms with Crippen LogP contribution in [0.3, 0.4) is 0 Å². The van der Waals surface area contributed by atoms with E-state index in [1.54, 1.807) is 12.1 Å². The van der Waals surface area contributed by atoms with E-state index in [1.807, 2.05) is 57.2 Å². The highest BCUT2D eigenvalue weighted by atomic mass is 35.5. The third-order valence-corrected chi connectivity index (χ3v) is 5.79. The molecule has 3 aromatic rings. The van der Waals surface area contributed by atoms with Crippen LogP contribution in [0.25, 0.3) is 6.08 Å². The number of halogens is 2. The van der Waals surface area contributed by atoms with Crippen LogP contribution in [0.1, 0.15) is 22.3 Å². The predicted octanol–water partition coefficient (Wildman–Crippen LogP) is 6.48. The molecule has 178 valence electrons. The smallest absolute Gasteiger partial charge is 0.266 e. The number of aryl methyl sites for hydroxylation is 2. The van der Waals surface area contributed by atoms with Gasteiger partial charge in [-0.15, -0.1) is 0 Å². The van der Waals surface area contributed by atoms with E-state index >= 15 is 0 Å². The number of anilines is 2. The minimum Gasteiger partial charge on any atom is -0.481 e. The van der Waals surface area contributed by atoms with Gasteiger partial charge in [-0.25, -0.2) is 0 Å². The Morgan fingerprint density at radius 1 is 1.00 bits per heavy atom. The molecule has 3 aromatic carbocycles. The van der Waals surface area contributed by atoms with E-state index in [1.165, 1.54) is 18.2 Å². The second-order valence-electron chi connectivity index (χ2n) is 7.89. The zero-order valence-corrected chi connectivity index (χ0v) is 20.9. The molecule has 0 radical (unpaired) electrons. The first-order valence-corrected chi connectivity index (χ1v) is 11.4. The molecule has 2 amide bonds. The Balaban J connectivity index is 1.70. The van der Waals surface area contributed by atoms with E-state index in [0.717, 1.165) is 16.7 Å². The Bertz CT molecular complexity index is 1320. The molecule has 3 rings (SSSR count). The molecule has 0 unspecified atom stereocenters. The minimum atomic E-state index is -0.563. The van der Waals surface area contributed by atoms with Gasteiger partial charge < -0.3 is 15.4 Å². The van der Waals surface area contributed by atoms with Crippen molar-refractivity contribution < 1.29 is 14.3 Å². The third-order valence-electron chi connectivity index (χ3n) is 5.23. The van der Waals surface area contributed by atoms with Gasteiger partial charge in [0.15, 0.2) is 12.4 Å². The Kier molecular flexibility index (Phi) is 8.53. The van der Waals surface area contributed by atoms with E-state index in [0.29, 0.717) is 16.9 Å². The molecule has 0 atom stereocenters.